The molecule has 5 heteroatoms. The van der Waals surface area contributed by atoms with E-state index in [-0.39, 0.29) is 18.5 Å². The van der Waals surface area contributed by atoms with Crippen molar-refractivity contribution in [2.75, 3.05) is 12.8 Å². The number of thioether (sulfide) groups is 1. The highest BCUT2D eigenvalue weighted by atomic mass is 32.2. The van der Waals surface area contributed by atoms with E-state index in [2.05, 4.69) is 0 Å². The Bertz CT molecular complexity index is 741. The van der Waals surface area contributed by atoms with Crippen LogP contribution in [0.1, 0.15) is 34.3 Å². The molecule has 2 aromatic rings. The first kappa shape index (κ1) is 17.5. The number of nitrogens with zero attached hydrogens (tertiary/aromatic N) is 1. The lowest BCUT2D eigenvalue weighted by Gasteiger charge is -2.15. The third-order valence-electron chi connectivity index (χ3n) is 4.26. The molecule has 4 nitrogen and oxygen atoms in total. The van der Waals surface area contributed by atoms with Crippen LogP contribution in [0.15, 0.2) is 53.4 Å². The minimum atomic E-state index is -0.335. The molecule has 3 rings (SSSR count). The Morgan fingerprint density at radius 1 is 1.08 bits per heavy atom. The highest BCUT2D eigenvalue weighted by Crippen LogP contribution is 2.17. The van der Waals surface area contributed by atoms with Crippen LogP contribution in [0.5, 0.6) is 0 Å². The fraction of sp³-hybridized carbons (Fsp3) is 0.300. The van der Waals surface area contributed by atoms with Crippen LogP contribution in [0.3, 0.4) is 0 Å². The van der Waals surface area contributed by atoms with Gasteiger partial charge in [-0.3, -0.25) is 4.79 Å². The second-order valence-electron chi connectivity index (χ2n) is 6.04. The molecule has 1 aliphatic heterocycles. The van der Waals surface area contributed by atoms with Crippen LogP contribution in [0.2, 0.25) is 0 Å². The fourth-order valence-electron chi connectivity index (χ4n) is 2.79. The standard InChI is InChI=1S/C20H21NO3S/c1-25-18-10-6-16(7-11-18)14-24-20(23)17-8-4-15(5-9-17)13-21-12-2-3-19(21)22/h4-11H,2-3,12-14H2,1H3. The SMILES string of the molecule is CSc1ccc(COC(=O)c2ccc(CN3CCCC3=O)cc2)cc1. The van der Waals surface area contributed by atoms with Crippen molar-refractivity contribution < 1.29 is 14.3 Å². The summed E-state index contributed by atoms with van der Waals surface area (Å²) in [6.07, 6.45) is 3.60. The molecule has 0 aliphatic carbocycles. The average molecular weight is 355 g/mol. The van der Waals surface area contributed by atoms with Gasteiger partial charge in [0.05, 0.1) is 5.56 Å². The van der Waals surface area contributed by atoms with Gasteiger partial charge in [-0.05, 0) is 48.1 Å². The van der Waals surface area contributed by atoms with Gasteiger partial charge in [-0.15, -0.1) is 11.8 Å². The molecule has 2 aromatic carbocycles. The predicted molar refractivity (Wildman–Crippen MR) is 98.4 cm³/mol. The minimum absolute atomic E-state index is 0.205. The van der Waals surface area contributed by atoms with E-state index in [1.54, 1.807) is 23.9 Å². The van der Waals surface area contributed by atoms with Crippen molar-refractivity contribution in [2.24, 2.45) is 0 Å². The molecule has 1 aliphatic rings. The molecular weight excluding hydrogens is 334 g/mol. The molecule has 0 radical (unpaired) electrons. The van der Waals surface area contributed by atoms with Crippen LogP contribution < -0.4 is 0 Å². The van der Waals surface area contributed by atoms with E-state index < -0.39 is 0 Å². The number of benzene rings is 2. The zero-order valence-electron chi connectivity index (χ0n) is 14.2. The molecule has 0 saturated carbocycles. The smallest absolute Gasteiger partial charge is 0.338 e. The van der Waals surface area contributed by atoms with Crippen LogP contribution in [0.25, 0.3) is 0 Å². The maximum atomic E-state index is 12.2. The van der Waals surface area contributed by atoms with Crippen molar-refractivity contribution in [3.05, 3.63) is 65.2 Å². The molecule has 0 N–H and O–H groups in total. The summed E-state index contributed by atoms with van der Waals surface area (Å²) in [6, 6.07) is 15.3. The highest BCUT2D eigenvalue weighted by Gasteiger charge is 2.20. The second kappa shape index (κ2) is 8.21. The van der Waals surface area contributed by atoms with Crippen LogP contribution >= 0.6 is 11.8 Å². The van der Waals surface area contributed by atoms with E-state index in [0.717, 1.165) is 24.1 Å². The van der Waals surface area contributed by atoms with Crippen molar-refractivity contribution >= 4 is 23.6 Å². The number of hydrogen-bond acceptors (Lipinski definition) is 4. The summed E-state index contributed by atoms with van der Waals surface area (Å²) in [5.74, 6) is -0.131. The summed E-state index contributed by atoms with van der Waals surface area (Å²) in [4.78, 5) is 26.9. The Kier molecular flexibility index (Phi) is 5.76. The van der Waals surface area contributed by atoms with Crippen molar-refractivity contribution in [1.82, 2.24) is 4.90 Å². The molecule has 1 fully saturated rings. The molecule has 1 heterocycles. The van der Waals surface area contributed by atoms with Crippen LogP contribution in [-0.2, 0) is 22.7 Å². The van der Waals surface area contributed by atoms with Gasteiger partial charge in [0, 0.05) is 24.4 Å². The fourth-order valence-corrected chi connectivity index (χ4v) is 3.20. The highest BCUT2D eigenvalue weighted by molar-refractivity contribution is 7.98. The molecule has 0 aromatic heterocycles. The summed E-state index contributed by atoms with van der Waals surface area (Å²) >= 11 is 1.68. The maximum Gasteiger partial charge on any atom is 0.338 e. The summed E-state index contributed by atoms with van der Waals surface area (Å²) in [5, 5.41) is 0. The Balaban J connectivity index is 1.54. The first-order valence-corrected chi connectivity index (χ1v) is 9.55. The summed E-state index contributed by atoms with van der Waals surface area (Å²) in [5.41, 5.74) is 2.52. The lowest BCUT2D eigenvalue weighted by molar-refractivity contribution is -0.128. The summed E-state index contributed by atoms with van der Waals surface area (Å²) in [7, 11) is 0. The van der Waals surface area contributed by atoms with Gasteiger partial charge in [-0.25, -0.2) is 4.79 Å². The number of amides is 1. The van der Waals surface area contributed by atoms with E-state index in [1.165, 1.54) is 4.90 Å². The van der Waals surface area contributed by atoms with Gasteiger partial charge in [0.2, 0.25) is 5.91 Å². The molecule has 0 bridgehead atoms. The number of rotatable bonds is 6. The number of hydrogen-bond donors (Lipinski definition) is 0. The number of esters is 1. The predicted octanol–water partition coefficient (Wildman–Crippen LogP) is 3.89. The normalized spacial score (nSPS) is 14.0. The van der Waals surface area contributed by atoms with E-state index >= 15 is 0 Å². The Morgan fingerprint density at radius 2 is 1.76 bits per heavy atom. The summed E-state index contributed by atoms with van der Waals surface area (Å²) in [6.45, 7) is 1.69. The van der Waals surface area contributed by atoms with Crippen LogP contribution in [-0.4, -0.2) is 29.6 Å². The van der Waals surface area contributed by atoms with E-state index in [4.69, 9.17) is 4.74 Å². The molecule has 1 saturated heterocycles. The molecule has 1 amide bonds. The largest absolute Gasteiger partial charge is 0.457 e. The number of carbonyl (C=O) groups excluding carboxylic acids is 2. The quantitative estimate of drug-likeness (QED) is 0.583. The first-order valence-electron chi connectivity index (χ1n) is 8.32. The lowest BCUT2D eigenvalue weighted by Crippen LogP contribution is -2.23. The number of likely N-dealkylation sites (tertiary alicyclic amines) is 1. The van der Waals surface area contributed by atoms with Crippen molar-refractivity contribution in [1.29, 1.82) is 0 Å². The molecule has 25 heavy (non-hydrogen) atoms. The van der Waals surface area contributed by atoms with Gasteiger partial charge >= 0.3 is 5.97 Å². The molecule has 0 unspecified atom stereocenters. The Hall–Kier alpha value is -2.27. The third-order valence-corrected chi connectivity index (χ3v) is 5.01. The monoisotopic (exact) mass is 355 g/mol. The van der Waals surface area contributed by atoms with E-state index in [9.17, 15) is 9.59 Å². The first-order chi connectivity index (χ1) is 12.2. The van der Waals surface area contributed by atoms with Gasteiger partial charge < -0.3 is 9.64 Å². The zero-order valence-corrected chi connectivity index (χ0v) is 15.1. The minimum Gasteiger partial charge on any atom is -0.457 e. The Morgan fingerprint density at radius 3 is 2.36 bits per heavy atom. The maximum absolute atomic E-state index is 12.2. The van der Waals surface area contributed by atoms with Crippen LogP contribution in [0.4, 0.5) is 0 Å². The zero-order chi connectivity index (χ0) is 17.6. The van der Waals surface area contributed by atoms with Crippen molar-refractivity contribution in [3.63, 3.8) is 0 Å². The molecule has 0 atom stereocenters. The Labute approximate surface area is 152 Å². The second-order valence-corrected chi connectivity index (χ2v) is 6.92. The van der Waals surface area contributed by atoms with E-state index in [1.807, 2.05) is 47.6 Å². The van der Waals surface area contributed by atoms with Crippen molar-refractivity contribution in [2.45, 2.75) is 30.9 Å². The third kappa shape index (κ3) is 4.63. The van der Waals surface area contributed by atoms with Crippen molar-refractivity contribution in [3.8, 4) is 0 Å². The topological polar surface area (TPSA) is 46.6 Å². The number of carbonyl (C=O) groups is 2. The van der Waals surface area contributed by atoms with Gasteiger partial charge in [-0.1, -0.05) is 24.3 Å². The van der Waals surface area contributed by atoms with E-state index in [0.29, 0.717) is 18.5 Å². The van der Waals surface area contributed by atoms with Gasteiger partial charge in [0.1, 0.15) is 6.61 Å². The van der Waals surface area contributed by atoms with Gasteiger partial charge in [0.25, 0.3) is 0 Å². The van der Waals surface area contributed by atoms with Gasteiger partial charge in [0.15, 0.2) is 0 Å². The molecule has 130 valence electrons. The molecular formula is C20H21NO3S. The lowest BCUT2D eigenvalue weighted by atomic mass is 10.1. The van der Waals surface area contributed by atoms with Gasteiger partial charge in [-0.2, -0.15) is 0 Å². The van der Waals surface area contributed by atoms with Crippen LogP contribution in [0, 0.1) is 0 Å². The number of ether oxygens (including phenoxy) is 1. The average Bonchev–Trinajstić information content (AvgIpc) is 3.05. The molecule has 0 spiro atoms. The summed E-state index contributed by atoms with van der Waals surface area (Å²) < 4.78 is 5.37.